The van der Waals surface area contributed by atoms with Gasteiger partial charge in [-0.1, -0.05) is 0 Å². The first-order valence-electron chi connectivity index (χ1n) is 1.27. The molecule has 0 amide bonds. The van der Waals surface area contributed by atoms with Crippen molar-refractivity contribution >= 4 is 6.29 Å². The van der Waals surface area contributed by atoms with E-state index in [0.717, 1.165) is 0 Å². The summed E-state index contributed by atoms with van der Waals surface area (Å²) in [7, 11) is 0. The molecule has 0 unspecified atom stereocenters. The molecule has 1 N–H and O–H groups in total. The zero-order chi connectivity index (χ0) is 6.28. The van der Waals surface area contributed by atoms with E-state index in [9.17, 15) is 0 Å². The van der Waals surface area contributed by atoms with E-state index in [4.69, 9.17) is 20.1 Å². The second kappa shape index (κ2) is 15.8. The Morgan fingerprint density at radius 1 is 1.75 bits per heavy atom. The fourth-order valence-corrected chi connectivity index (χ4v) is 0. The van der Waals surface area contributed by atoms with E-state index in [1.165, 1.54) is 13.2 Å². The number of nitrogens with zero attached hydrogens (tertiary/aromatic N) is 1. The van der Waals surface area contributed by atoms with Crippen molar-refractivity contribution in [2.75, 3.05) is 0 Å². The van der Waals surface area contributed by atoms with Crippen LogP contribution in [0.5, 0.6) is 0 Å². The van der Waals surface area contributed by atoms with E-state index in [1.807, 2.05) is 0 Å². The molecule has 45 valence electrons. The summed E-state index contributed by atoms with van der Waals surface area (Å²) in [6.07, 6.45) is 1.50. The molecule has 0 aromatic carbocycles. The summed E-state index contributed by atoms with van der Waals surface area (Å²) in [6.45, 7) is 1.32. The van der Waals surface area contributed by atoms with Gasteiger partial charge in [0.15, 0.2) is 0 Å². The summed E-state index contributed by atoms with van der Waals surface area (Å²) in [6, 6.07) is 0. The standard InChI is InChI=1S/C2H3O.HNO3.Y/c1-2-3;2-1(3)4;/h1H3;(H,2,3,4);/q-1;;. The maximum Gasteiger partial charge on any atom is 0.291 e. The van der Waals surface area contributed by atoms with Crippen molar-refractivity contribution in [1.82, 2.24) is 0 Å². The first-order valence-corrected chi connectivity index (χ1v) is 1.27. The fourth-order valence-electron chi connectivity index (χ4n) is 0. The molecule has 0 aliphatic carbocycles. The molecule has 0 saturated carbocycles. The predicted octanol–water partition coefficient (Wildman–Crippen LogP) is -0.234. The Hall–Kier alpha value is -0.0261. The van der Waals surface area contributed by atoms with Crippen molar-refractivity contribution in [3.8, 4) is 0 Å². The van der Waals surface area contributed by atoms with Gasteiger partial charge in [-0.25, -0.2) is 0 Å². The Kier molecular flexibility index (Phi) is 30.9. The molecule has 0 atom stereocenters. The zero-order valence-electron chi connectivity index (χ0n) is 4.20. The van der Waals surface area contributed by atoms with Crippen molar-refractivity contribution in [1.29, 1.82) is 0 Å². The minimum absolute atomic E-state index is 0. The predicted molar refractivity (Wildman–Crippen MR) is 20.1 cm³/mol. The van der Waals surface area contributed by atoms with Gasteiger partial charge in [0, 0.05) is 32.7 Å². The van der Waals surface area contributed by atoms with Gasteiger partial charge in [0.1, 0.15) is 0 Å². The fraction of sp³-hybridized carbons (Fsp3) is 0.500. The molecule has 5 nitrogen and oxygen atoms in total. The van der Waals surface area contributed by atoms with Crippen LogP contribution in [0.15, 0.2) is 0 Å². The Morgan fingerprint density at radius 2 is 1.75 bits per heavy atom. The normalized spacial score (nSPS) is 4.62. The summed E-state index contributed by atoms with van der Waals surface area (Å²) in [4.78, 5) is 17.0. The van der Waals surface area contributed by atoms with Crippen LogP contribution in [0.1, 0.15) is 6.92 Å². The van der Waals surface area contributed by atoms with E-state index in [2.05, 4.69) is 0 Å². The summed E-state index contributed by atoms with van der Waals surface area (Å²) in [5.41, 5.74) is 0. The minimum Gasteiger partial charge on any atom is -0.542 e. The van der Waals surface area contributed by atoms with Crippen LogP contribution in [-0.4, -0.2) is 16.6 Å². The maximum absolute atomic E-state index is 8.68. The van der Waals surface area contributed by atoms with Crippen molar-refractivity contribution in [3.63, 3.8) is 0 Å². The third-order valence-corrected chi connectivity index (χ3v) is 0. The summed E-state index contributed by atoms with van der Waals surface area (Å²) >= 11 is 0. The van der Waals surface area contributed by atoms with E-state index in [1.54, 1.807) is 0 Å². The van der Waals surface area contributed by atoms with Gasteiger partial charge < -0.3 is 10.0 Å². The second-order valence-corrected chi connectivity index (χ2v) is 0.442. The molecule has 0 aromatic rings. The topological polar surface area (TPSA) is 80.4 Å². The third-order valence-electron chi connectivity index (χ3n) is 0. The van der Waals surface area contributed by atoms with Crippen LogP contribution in [0.3, 0.4) is 0 Å². The Labute approximate surface area is 71.1 Å². The number of hydrogen-bond acceptors (Lipinski definition) is 3. The first kappa shape index (κ1) is 15.7. The van der Waals surface area contributed by atoms with Crippen LogP contribution in [0, 0.1) is 10.1 Å². The third kappa shape index (κ3) is 217000. The van der Waals surface area contributed by atoms with Crippen molar-refractivity contribution in [2.45, 2.75) is 6.92 Å². The maximum atomic E-state index is 8.68. The van der Waals surface area contributed by atoms with Crippen LogP contribution in [0.2, 0.25) is 0 Å². The van der Waals surface area contributed by atoms with Crippen molar-refractivity contribution in [2.24, 2.45) is 0 Å². The van der Waals surface area contributed by atoms with Gasteiger partial charge >= 0.3 is 0 Å². The summed E-state index contributed by atoms with van der Waals surface area (Å²) in [5.74, 6) is 0. The molecule has 0 saturated heterocycles. The van der Waals surface area contributed by atoms with Gasteiger partial charge in [-0.05, 0) is 0 Å². The van der Waals surface area contributed by atoms with E-state index < -0.39 is 5.09 Å². The van der Waals surface area contributed by atoms with Gasteiger partial charge in [0.25, 0.3) is 5.09 Å². The Balaban J connectivity index is -0.0000000575. The van der Waals surface area contributed by atoms with Crippen molar-refractivity contribution in [3.05, 3.63) is 10.1 Å². The Morgan fingerprint density at radius 3 is 1.75 bits per heavy atom. The molecule has 0 bridgehead atoms. The zero-order valence-corrected chi connectivity index (χ0v) is 7.03. The molecule has 0 rings (SSSR count). The van der Waals surface area contributed by atoms with Gasteiger partial charge in [-0.2, -0.15) is 6.92 Å². The van der Waals surface area contributed by atoms with Gasteiger partial charge in [-0.3, -0.25) is 6.29 Å². The quantitative estimate of drug-likeness (QED) is 0.328. The molecule has 1 radical (unpaired) electrons. The molecule has 8 heavy (non-hydrogen) atoms. The van der Waals surface area contributed by atoms with Gasteiger partial charge in [0.2, 0.25) is 0 Å². The van der Waals surface area contributed by atoms with Crippen LogP contribution < -0.4 is 0 Å². The molecular weight excluding hydrogens is 191 g/mol. The molecular formula is C2H4NO4Y-. The molecule has 0 aliphatic rings. The van der Waals surface area contributed by atoms with Gasteiger partial charge in [-0.15, -0.1) is 10.1 Å². The average molecular weight is 195 g/mol. The van der Waals surface area contributed by atoms with E-state index in [-0.39, 0.29) is 32.7 Å². The van der Waals surface area contributed by atoms with Gasteiger partial charge in [0.05, 0.1) is 0 Å². The van der Waals surface area contributed by atoms with Crippen LogP contribution >= 0.6 is 0 Å². The number of hydrogen-bond donors (Lipinski definition) is 1. The molecule has 0 aromatic heterocycles. The molecule has 0 spiro atoms. The van der Waals surface area contributed by atoms with Crippen LogP contribution in [0.25, 0.3) is 0 Å². The summed E-state index contributed by atoms with van der Waals surface area (Å²) < 4.78 is 0. The first-order chi connectivity index (χ1) is 3.15. The van der Waals surface area contributed by atoms with Crippen LogP contribution in [0.4, 0.5) is 0 Å². The molecule has 0 fully saturated rings. The SMILES string of the molecule is C[C-]=O.O=[N+]([O-])O.[Y]. The number of rotatable bonds is 0. The minimum atomic E-state index is -1.50. The van der Waals surface area contributed by atoms with E-state index in [0.29, 0.717) is 0 Å². The summed E-state index contributed by atoms with van der Waals surface area (Å²) in [5, 5.41) is 13.6. The molecule has 6 heteroatoms. The molecule has 0 heterocycles. The number of carbonyl (C=O) groups excluding carboxylic acids is 1. The van der Waals surface area contributed by atoms with Crippen LogP contribution in [-0.2, 0) is 37.5 Å². The average Bonchev–Trinajstić information content (AvgIpc) is 1.33. The van der Waals surface area contributed by atoms with Crippen molar-refractivity contribution < 1.29 is 47.8 Å². The Bertz CT molecular complexity index is 61.1. The molecule has 0 aliphatic heterocycles. The smallest absolute Gasteiger partial charge is 0.291 e. The monoisotopic (exact) mass is 195 g/mol. The largest absolute Gasteiger partial charge is 0.542 e. The van der Waals surface area contributed by atoms with E-state index >= 15 is 0 Å². The second-order valence-electron chi connectivity index (χ2n) is 0.442.